The fraction of sp³-hybridized carbons (Fsp3) is 0.600. The zero-order chi connectivity index (χ0) is 18.0. The molecule has 5 heteroatoms. The molecule has 0 aromatic heterocycles. The minimum atomic E-state index is -0.623. The zero-order valence-corrected chi connectivity index (χ0v) is 15.1. The van der Waals surface area contributed by atoms with E-state index in [0.29, 0.717) is 18.8 Å². The smallest absolute Gasteiger partial charge is 0.252 e. The van der Waals surface area contributed by atoms with Gasteiger partial charge in [-0.1, -0.05) is 38.1 Å². The van der Waals surface area contributed by atoms with Crippen molar-refractivity contribution in [3.63, 3.8) is 0 Å². The van der Waals surface area contributed by atoms with Gasteiger partial charge in [0.25, 0.3) is 5.91 Å². The topological polar surface area (TPSA) is 72.6 Å². The summed E-state index contributed by atoms with van der Waals surface area (Å²) in [7, 11) is 0. The van der Waals surface area contributed by atoms with E-state index in [4.69, 9.17) is 10.5 Å². The van der Waals surface area contributed by atoms with Crippen LogP contribution in [-0.4, -0.2) is 35.5 Å². The normalized spacial score (nSPS) is 26.8. The van der Waals surface area contributed by atoms with Gasteiger partial charge in [0.05, 0.1) is 6.04 Å². The lowest BCUT2D eigenvalue weighted by molar-refractivity contribution is -0.149. The van der Waals surface area contributed by atoms with Gasteiger partial charge in [-0.05, 0) is 49.1 Å². The van der Waals surface area contributed by atoms with Crippen LogP contribution in [0.3, 0.4) is 0 Å². The molecule has 0 spiro atoms. The molecule has 1 aromatic rings. The molecule has 0 unspecified atom stereocenters. The Bertz CT molecular complexity index is 626. The first kappa shape index (κ1) is 17.9. The Hall–Kier alpha value is -1.88. The number of carbonyl (C=O) groups excluding carboxylic acids is 2. The third-order valence-electron chi connectivity index (χ3n) is 5.39. The number of primary amides is 1. The van der Waals surface area contributed by atoms with Crippen molar-refractivity contribution in [3.8, 4) is 0 Å². The number of nitrogens with two attached hydrogens (primary N) is 1. The molecule has 1 aromatic carbocycles. The predicted molar refractivity (Wildman–Crippen MR) is 95.9 cm³/mol. The van der Waals surface area contributed by atoms with Gasteiger partial charge in [-0.2, -0.15) is 0 Å². The molecule has 25 heavy (non-hydrogen) atoms. The summed E-state index contributed by atoms with van der Waals surface area (Å²) in [6.45, 7) is 5.10. The number of hydrogen-bond acceptors (Lipinski definition) is 3. The maximum atomic E-state index is 13.0. The molecule has 5 nitrogen and oxygen atoms in total. The first-order valence-corrected chi connectivity index (χ1v) is 9.32. The van der Waals surface area contributed by atoms with Crippen LogP contribution in [0.15, 0.2) is 24.3 Å². The number of rotatable bonds is 4. The van der Waals surface area contributed by atoms with Crippen LogP contribution in [0, 0.1) is 0 Å². The molecule has 136 valence electrons. The van der Waals surface area contributed by atoms with Crippen LogP contribution >= 0.6 is 0 Å². The lowest BCUT2D eigenvalue weighted by Crippen LogP contribution is -2.44. The van der Waals surface area contributed by atoms with E-state index in [0.717, 1.165) is 25.8 Å². The highest BCUT2D eigenvalue weighted by Gasteiger charge is 2.38. The standard InChI is InChI=1S/C20H28N2O3/c1-13(2)14-6-8-15(9-7-14)16-5-3-4-12-22(16)20(24)18-11-10-17(25-18)19(21)23/h6-9,13,16-18H,3-5,10-12H2,1-2H3,(H2,21,23)/t16-,17-,18+/m0/s1. The molecule has 2 aliphatic rings. The molecular weight excluding hydrogens is 316 g/mol. The summed E-state index contributed by atoms with van der Waals surface area (Å²) in [6, 6.07) is 8.71. The molecule has 2 fully saturated rings. The van der Waals surface area contributed by atoms with Crippen molar-refractivity contribution in [2.24, 2.45) is 5.73 Å². The number of piperidine rings is 1. The van der Waals surface area contributed by atoms with Crippen molar-refractivity contribution >= 4 is 11.8 Å². The number of carbonyl (C=O) groups is 2. The van der Waals surface area contributed by atoms with Crippen molar-refractivity contribution in [1.29, 1.82) is 0 Å². The fourth-order valence-electron chi connectivity index (χ4n) is 3.86. The number of ether oxygens (including phenoxy) is 1. The number of likely N-dealkylation sites (tertiary alicyclic amines) is 1. The highest BCUT2D eigenvalue weighted by molar-refractivity contribution is 5.84. The second-order valence-corrected chi connectivity index (χ2v) is 7.46. The number of amides is 2. The molecule has 2 heterocycles. The molecule has 2 saturated heterocycles. The van der Waals surface area contributed by atoms with Crippen LogP contribution in [0.2, 0.25) is 0 Å². The van der Waals surface area contributed by atoms with Gasteiger partial charge in [0.1, 0.15) is 12.2 Å². The van der Waals surface area contributed by atoms with Crippen LogP contribution in [0.1, 0.15) is 69.0 Å². The third kappa shape index (κ3) is 3.87. The Morgan fingerprint density at radius 2 is 1.76 bits per heavy atom. The third-order valence-corrected chi connectivity index (χ3v) is 5.39. The summed E-state index contributed by atoms with van der Waals surface area (Å²) in [4.78, 5) is 26.2. The maximum Gasteiger partial charge on any atom is 0.252 e. The van der Waals surface area contributed by atoms with Crippen molar-refractivity contribution in [1.82, 2.24) is 4.90 Å². The predicted octanol–water partition coefficient (Wildman–Crippen LogP) is 2.90. The molecule has 2 N–H and O–H groups in total. The Morgan fingerprint density at radius 3 is 2.36 bits per heavy atom. The minimum absolute atomic E-state index is 0.00128. The van der Waals surface area contributed by atoms with E-state index < -0.39 is 18.1 Å². The molecule has 3 rings (SSSR count). The van der Waals surface area contributed by atoms with E-state index in [1.165, 1.54) is 11.1 Å². The summed E-state index contributed by atoms with van der Waals surface area (Å²) in [5, 5.41) is 0. The van der Waals surface area contributed by atoms with Crippen LogP contribution in [0.4, 0.5) is 0 Å². The summed E-state index contributed by atoms with van der Waals surface area (Å²) in [5.41, 5.74) is 7.80. The number of hydrogen-bond donors (Lipinski definition) is 1. The molecular formula is C20H28N2O3. The highest BCUT2D eigenvalue weighted by Crippen LogP contribution is 2.34. The summed E-state index contributed by atoms with van der Waals surface area (Å²) >= 11 is 0. The summed E-state index contributed by atoms with van der Waals surface area (Å²) in [6.07, 6.45) is 3.05. The van der Waals surface area contributed by atoms with Gasteiger partial charge in [0.15, 0.2) is 0 Å². The van der Waals surface area contributed by atoms with Crippen LogP contribution < -0.4 is 5.73 Å². The van der Waals surface area contributed by atoms with Gasteiger partial charge in [0, 0.05) is 6.54 Å². The maximum absolute atomic E-state index is 13.0. The molecule has 0 bridgehead atoms. The van der Waals surface area contributed by atoms with Gasteiger partial charge < -0.3 is 15.4 Å². The van der Waals surface area contributed by atoms with E-state index in [2.05, 4.69) is 38.1 Å². The van der Waals surface area contributed by atoms with Crippen molar-refractivity contribution in [3.05, 3.63) is 35.4 Å². The minimum Gasteiger partial charge on any atom is -0.367 e. The molecule has 0 saturated carbocycles. The van der Waals surface area contributed by atoms with E-state index in [1.807, 2.05) is 4.90 Å². The van der Waals surface area contributed by atoms with Crippen molar-refractivity contribution in [2.75, 3.05) is 6.54 Å². The summed E-state index contributed by atoms with van der Waals surface area (Å²) in [5.74, 6) is 0.0203. The molecule has 2 aliphatic heterocycles. The average Bonchev–Trinajstić information content (AvgIpc) is 3.11. The van der Waals surface area contributed by atoms with Gasteiger partial charge in [0.2, 0.25) is 5.91 Å². The Labute approximate surface area is 149 Å². The van der Waals surface area contributed by atoms with E-state index >= 15 is 0 Å². The molecule has 2 amide bonds. The van der Waals surface area contributed by atoms with Gasteiger partial charge in [-0.25, -0.2) is 0 Å². The number of nitrogens with zero attached hydrogens (tertiary/aromatic N) is 1. The van der Waals surface area contributed by atoms with Crippen LogP contribution in [-0.2, 0) is 14.3 Å². The first-order chi connectivity index (χ1) is 12.0. The zero-order valence-electron chi connectivity index (χ0n) is 15.1. The van der Waals surface area contributed by atoms with Crippen molar-refractivity contribution in [2.45, 2.75) is 70.1 Å². The largest absolute Gasteiger partial charge is 0.367 e. The Kier molecular flexibility index (Phi) is 5.42. The summed E-state index contributed by atoms with van der Waals surface area (Å²) < 4.78 is 5.61. The van der Waals surface area contributed by atoms with Crippen LogP contribution in [0.5, 0.6) is 0 Å². The average molecular weight is 344 g/mol. The SMILES string of the molecule is CC(C)c1ccc([C@@H]2CCCCN2C(=O)[C@H]2CC[C@@H](C(N)=O)O2)cc1. The second-order valence-electron chi connectivity index (χ2n) is 7.46. The molecule has 0 radical (unpaired) electrons. The van der Waals surface area contributed by atoms with Gasteiger partial charge >= 0.3 is 0 Å². The van der Waals surface area contributed by atoms with Crippen LogP contribution in [0.25, 0.3) is 0 Å². The van der Waals surface area contributed by atoms with E-state index in [9.17, 15) is 9.59 Å². The lowest BCUT2D eigenvalue weighted by atomic mass is 9.92. The first-order valence-electron chi connectivity index (χ1n) is 9.32. The fourth-order valence-corrected chi connectivity index (χ4v) is 3.86. The van der Waals surface area contributed by atoms with Gasteiger partial charge in [-0.15, -0.1) is 0 Å². The molecule has 0 aliphatic carbocycles. The molecule has 3 atom stereocenters. The monoisotopic (exact) mass is 344 g/mol. The number of benzene rings is 1. The van der Waals surface area contributed by atoms with Crippen molar-refractivity contribution < 1.29 is 14.3 Å². The van der Waals surface area contributed by atoms with E-state index in [1.54, 1.807) is 0 Å². The Morgan fingerprint density at radius 1 is 1.08 bits per heavy atom. The van der Waals surface area contributed by atoms with Gasteiger partial charge in [-0.3, -0.25) is 9.59 Å². The Balaban J connectivity index is 1.74. The quantitative estimate of drug-likeness (QED) is 0.913. The second kappa shape index (κ2) is 7.56. The lowest BCUT2D eigenvalue weighted by Gasteiger charge is -2.37. The highest BCUT2D eigenvalue weighted by atomic mass is 16.5. The van der Waals surface area contributed by atoms with E-state index in [-0.39, 0.29) is 11.9 Å².